The monoisotopic (exact) mass is 321 g/mol. The lowest BCUT2D eigenvalue weighted by Crippen LogP contribution is -2.39. The number of aromatic nitrogens is 1. The predicted octanol–water partition coefficient (Wildman–Crippen LogP) is 2.51. The number of amides is 2. The summed E-state index contributed by atoms with van der Waals surface area (Å²) in [6.45, 7) is 3.90. The van der Waals surface area contributed by atoms with E-state index in [0.29, 0.717) is 16.9 Å². The lowest BCUT2D eigenvalue weighted by molar-refractivity contribution is -0.136. The number of nitrogens with one attached hydrogen (secondary N) is 2. The van der Waals surface area contributed by atoms with Gasteiger partial charge in [-0.25, -0.2) is 0 Å². The van der Waals surface area contributed by atoms with Gasteiger partial charge in [-0.05, 0) is 36.2 Å². The highest BCUT2D eigenvalue weighted by atomic mass is 16.2. The van der Waals surface area contributed by atoms with Gasteiger partial charge >= 0.3 is 11.8 Å². The Hall–Kier alpha value is -3.13. The number of carbonyl (C=O) groups excluding carboxylic acids is 2. The molecule has 0 spiro atoms. The van der Waals surface area contributed by atoms with Crippen LogP contribution in [0.4, 0.5) is 5.69 Å². The van der Waals surface area contributed by atoms with Gasteiger partial charge in [-0.1, -0.05) is 31.9 Å². The van der Waals surface area contributed by atoms with Crippen LogP contribution in [-0.4, -0.2) is 16.8 Å². The molecule has 2 aromatic rings. The first kappa shape index (κ1) is 17.2. The summed E-state index contributed by atoms with van der Waals surface area (Å²) < 4.78 is 0. The molecule has 0 saturated carbocycles. The van der Waals surface area contributed by atoms with Crippen LogP contribution in [-0.2, 0) is 9.59 Å². The van der Waals surface area contributed by atoms with E-state index in [1.807, 2.05) is 26.0 Å². The minimum atomic E-state index is -0.745. The maximum absolute atomic E-state index is 12.2. The zero-order valence-electron chi connectivity index (χ0n) is 13.6. The molecule has 0 saturated heterocycles. The van der Waals surface area contributed by atoms with Gasteiger partial charge in [-0.3, -0.25) is 14.6 Å². The molecule has 2 rings (SSSR count). The molecule has 24 heavy (non-hydrogen) atoms. The number of benzene rings is 1. The van der Waals surface area contributed by atoms with Crippen LogP contribution in [0, 0.1) is 18.3 Å². The summed E-state index contributed by atoms with van der Waals surface area (Å²) in [5.41, 5.74) is 1.81. The molecule has 1 heterocycles. The standard InChI is InChI=1S/C19H19N3O2/c1-4-14-8-7-9-15(12-14)21-18(23)19(24)22-17(13(2)3)16-10-5-6-11-20-16/h1,5-13,17H,2-3H3,(H,21,23)(H,22,24). The van der Waals surface area contributed by atoms with Gasteiger partial charge in [0, 0.05) is 17.4 Å². The van der Waals surface area contributed by atoms with E-state index < -0.39 is 11.8 Å². The van der Waals surface area contributed by atoms with Gasteiger partial charge in [0.25, 0.3) is 0 Å². The predicted molar refractivity (Wildman–Crippen MR) is 93.0 cm³/mol. The van der Waals surface area contributed by atoms with Gasteiger partial charge in [-0.15, -0.1) is 6.42 Å². The number of hydrogen-bond acceptors (Lipinski definition) is 3. The fourth-order valence-electron chi connectivity index (χ4n) is 2.22. The molecule has 0 aliphatic rings. The summed E-state index contributed by atoms with van der Waals surface area (Å²) in [5, 5.41) is 5.27. The van der Waals surface area contributed by atoms with Crippen molar-refractivity contribution >= 4 is 17.5 Å². The van der Waals surface area contributed by atoms with E-state index in [1.54, 1.807) is 36.5 Å². The van der Waals surface area contributed by atoms with Crippen LogP contribution >= 0.6 is 0 Å². The second kappa shape index (κ2) is 7.93. The summed E-state index contributed by atoms with van der Waals surface area (Å²) in [7, 11) is 0. The second-order valence-electron chi connectivity index (χ2n) is 5.63. The number of hydrogen-bond donors (Lipinski definition) is 2. The van der Waals surface area contributed by atoms with Gasteiger partial charge in [0.2, 0.25) is 0 Å². The molecular formula is C19H19N3O2. The Bertz CT molecular complexity index is 764. The number of rotatable bonds is 4. The van der Waals surface area contributed by atoms with Gasteiger partial charge in [0.15, 0.2) is 0 Å². The minimum absolute atomic E-state index is 0.0846. The van der Waals surface area contributed by atoms with Crippen LogP contribution in [0.15, 0.2) is 48.7 Å². The summed E-state index contributed by atoms with van der Waals surface area (Å²) in [5.74, 6) is 1.10. The molecule has 5 nitrogen and oxygen atoms in total. The Labute approximate surface area is 141 Å². The normalized spacial score (nSPS) is 11.4. The van der Waals surface area contributed by atoms with E-state index in [1.165, 1.54) is 0 Å². The van der Waals surface area contributed by atoms with Crippen LogP contribution in [0.3, 0.4) is 0 Å². The Balaban J connectivity index is 2.07. The molecule has 1 atom stereocenters. The third-order valence-corrected chi connectivity index (χ3v) is 3.45. The molecule has 122 valence electrons. The van der Waals surface area contributed by atoms with Gasteiger partial charge in [0.1, 0.15) is 0 Å². The van der Waals surface area contributed by atoms with E-state index in [0.717, 1.165) is 0 Å². The molecule has 2 amide bonds. The van der Waals surface area contributed by atoms with Crippen LogP contribution in [0.5, 0.6) is 0 Å². The zero-order valence-corrected chi connectivity index (χ0v) is 13.6. The maximum Gasteiger partial charge on any atom is 0.313 e. The molecule has 1 aromatic heterocycles. The number of pyridine rings is 1. The van der Waals surface area contributed by atoms with Crippen molar-refractivity contribution in [2.24, 2.45) is 5.92 Å². The van der Waals surface area contributed by atoms with Crippen molar-refractivity contribution < 1.29 is 9.59 Å². The van der Waals surface area contributed by atoms with Crippen LogP contribution in [0.1, 0.15) is 31.1 Å². The average molecular weight is 321 g/mol. The molecular weight excluding hydrogens is 302 g/mol. The van der Waals surface area contributed by atoms with Crippen molar-refractivity contribution in [2.75, 3.05) is 5.32 Å². The molecule has 0 fully saturated rings. The molecule has 2 N–H and O–H groups in total. The Morgan fingerprint density at radius 3 is 2.54 bits per heavy atom. The van der Waals surface area contributed by atoms with Crippen LogP contribution in [0.2, 0.25) is 0 Å². The van der Waals surface area contributed by atoms with E-state index in [-0.39, 0.29) is 12.0 Å². The number of terminal acetylenes is 1. The number of nitrogens with zero attached hydrogens (tertiary/aromatic N) is 1. The molecule has 5 heteroatoms. The number of carbonyl (C=O) groups is 2. The average Bonchev–Trinajstić information content (AvgIpc) is 2.60. The first-order chi connectivity index (χ1) is 11.5. The summed E-state index contributed by atoms with van der Waals surface area (Å²) in [6, 6.07) is 11.9. The van der Waals surface area contributed by atoms with Crippen molar-refractivity contribution in [1.29, 1.82) is 0 Å². The van der Waals surface area contributed by atoms with Crippen LogP contribution < -0.4 is 10.6 Å². The SMILES string of the molecule is C#Cc1cccc(NC(=O)C(=O)NC(c2ccccn2)C(C)C)c1. The Morgan fingerprint density at radius 2 is 1.92 bits per heavy atom. The van der Waals surface area contributed by atoms with Crippen molar-refractivity contribution in [3.63, 3.8) is 0 Å². The molecule has 0 aliphatic carbocycles. The third-order valence-electron chi connectivity index (χ3n) is 3.45. The van der Waals surface area contributed by atoms with E-state index >= 15 is 0 Å². The molecule has 0 bridgehead atoms. The van der Waals surface area contributed by atoms with Crippen molar-refractivity contribution in [3.8, 4) is 12.3 Å². The summed E-state index contributed by atoms with van der Waals surface area (Å²) >= 11 is 0. The molecule has 0 radical (unpaired) electrons. The number of anilines is 1. The second-order valence-corrected chi connectivity index (χ2v) is 5.63. The highest BCUT2D eigenvalue weighted by Gasteiger charge is 2.23. The summed E-state index contributed by atoms with van der Waals surface area (Å²) in [6.07, 6.45) is 6.98. The van der Waals surface area contributed by atoms with E-state index in [9.17, 15) is 9.59 Å². The van der Waals surface area contributed by atoms with Gasteiger partial charge in [0.05, 0.1) is 11.7 Å². The Morgan fingerprint density at radius 1 is 1.12 bits per heavy atom. The largest absolute Gasteiger partial charge is 0.339 e. The quantitative estimate of drug-likeness (QED) is 0.671. The van der Waals surface area contributed by atoms with E-state index in [4.69, 9.17) is 6.42 Å². The zero-order chi connectivity index (χ0) is 17.5. The Kier molecular flexibility index (Phi) is 5.69. The lowest BCUT2D eigenvalue weighted by Gasteiger charge is -2.21. The molecule has 1 aromatic carbocycles. The fraction of sp³-hybridized carbons (Fsp3) is 0.211. The van der Waals surface area contributed by atoms with Crippen molar-refractivity contribution in [3.05, 3.63) is 59.9 Å². The third kappa shape index (κ3) is 4.43. The summed E-state index contributed by atoms with van der Waals surface area (Å²) in [4.78, 5) is 28.6. The highest BCUT2D eigenvalue weighted by molar-refractivity contribution is 6.39. The van der Waals surface area contributed by atoms with Crippen molar-refractivity contribution in [1.82, 2.24) is 10.3 Å². The smallest absolute Gasteiger partial charge is 0.313 e. The fourth-order valence-corrected chi connectivity index (χ4v) is 2.22. The van der Waals surface area contributed by atoms with Gasteiger partial charge in [-0.2, -0.15) is 0 Å². The van der Waals surface area contributed by atoms with Crippen LogP contribution in [0.25, 0.3) is 0 Å². The lowest BCUT2D eigenvalue weighted by atomic mass is 10.0. The highest BCUT2D eigenvalue weighted by Crippen LogP contribution is 2.19. The molecule has 1 unspecified atom stereocenters. The maximum atomic E-state index is 12.2. The van der Waals surface area contributed by atoms with Gasteiger partial charge < -0.3 is 10.6 Å². The first-order valence-corrected chi connectivity index (χ1v) is 7.60. The van der Waals surface area contributed by atoms with Crippen molar-refractivity contribution in [2.45, 2.75) is 19.9 Å². The molecule has 0 aliphatic heterocycles. The first-order valence-electron chi connectivity index (χ1n) is 7.60. The van der Waals surface area contributed by atoms with E-state index in [2.05, 4.69) is 21.5 Å². The minimum Gasteiger partial charge on any atom is -0.339 e. The topological polar surface area (TPSA) is 71.1 Å².